The summed E-state index contributed by atoms with van der Waals surface area (Å²) in [4.78, 5) is 19.2. The van der Waals surface area contributed by atoms with Crippen LogP contribution in [0, 0.1) is 0 Å². The average molecular weight is 310 g/mol. The van der Waals surface area contributed by atoms with Gasteiger partial charge >= 0.3 is 7.60 Å². The van der Waals surface area contributed by atoms with Crippen molar-refractivity contribution in [3.8, 4) is 22.3 Å². The summed E-state index contributed by atoms with van der Waals surface area (Å²) in [5.41, 5.74) is 3.34. The quantitative estimate of drug-likeness (QED) is 0.723. The van der Waals surface area contributed by atoms with Crippen LogP contribution >= 0.6 is 7.60 Å². The van der Waals surface area contributed by atoms with E-state index in [1.54, 1.807) is 18.2 Å². The van der Waals surface area contributed by atoms with Crippen LogP contribution < -0.4 is 5.30 Å². The lowest BCUT2D eigenvalue weighted by Crippen LogP contribution is -2.07. The molecule has 0 radical (unpaired) electrons. The Hall–Kier alpha value is -2.19. The summed E-state index contributed by atoms with van der Waals surface area (Å²) >= 11 is 0. The summed E-state index contributed by atoms with van der Waals surface area (Å²) in [7, 11) is -4.33. The molecule has 0 bridgehead atoms. The molecule has 22 heavy (non-hydrogen) atoms. The first-order valence-corrected chi connectivity index (χ1v) is 8.48. The molecular formula is C18H15O3P. The van der Waals surface area contributed by atoms with Gasteiger partial charge in [-0.3, -0.25) is 4.57 Å². The fourth-order valence-corrected chi connectivity index (χ4v) is 3.33. The molecule has 0 aliphatic rings. The summed E-state index contributed by atoms with van der Waals surface area (Å²) in [5, 5.41) is 0.0541. The lowest BCUT2D eigenvalue weighted by Gasteiger charge is -2.14. The zero-order valence-corrected chi connectivity index (χ0v) is 12.6. The Bertz CT molecular complexity index is 838. The molecular weight excluding hydrogens is 295 g/mol. The van der Waals surface area contributed by atoms with E-state index in [9.17, 15) is 14.4 Å². The summed E-state index contributed by atoms with van der Waals surface area (Å²) in [6.07, 6.45) is 0. The Kier molecular flexibility index (Phi) is 3.95. The summed E-state index contributed by atoms with van der Waals surface area (Å²) in [6.45, 7) is 0. The van der Waals surface area contributed by atoms with E-state index in [4.69, 9.17) is 0 Å². The molecule has 4 heteroatoms. The molecule has 0 atom stereocenters. The van der Waals surface area contributed by atoms with Gasteiger partial charge in [0.25, 0.3) is 0 Å². The lowest BCUT2D eigenvalue weighted by atomic mass is 9.95. The van der Waals surface area contributed by atoms with Crippen molar-refractivity contribution in [3.05, 3.63) is 78.9 Å². The molecule has 3 aromatic carbocycles. The van der Waals surface area contributed by atoms with E-state index in [-0.39, 0.29) is 5.30 Å². The summed E-state index contributed by atoms with van der Waals surface area (Å²) in [6, 6.07) is 24.1. The molecule has 0 aliphatic carbocycles. The van der Waals surface area contributed by atoms with Gasteiger partial charge in [0.15, 0.2) is 0 Å². The second kappa shape index (κ2) is 5.90. The predicted octanol–water partition coefficient (Wildman–Crippen LogP) is 3.82. The van der Waals surface area contributed by atoms with Crippen molar-refractivity contribution in [2.24, 2.45) is 0 Å². The van der Waals surface area contributed by atoms with Crippen LogP contribution in [0.25, 0.3) is 22.3 Å². The van der Waals surface area contributed by atoms with Gasteiger partial charge < -0.3 is 9.79 Å². The smallest absolute Gasteiger partial charge is 0.321 e. The second-order valence-corrected chi connectivity index (χ2v) is 6.54. The fraction of sp³-hybridized carbons (Fsp3) is 0. The number of hydrogen-bond donors (Lipinski definition) is 2. The van der Waals surface area contributed by atoms with E-state index in [1.165, 1.54) is 6.07 Å². The van der Waals surface area contributed by atoms with E-state index in [0.29, 0.717) is 5.56 Å². The van der Waals surface area contributed by atoms with Crippen LogP contribution in [0.2, 0.25) is 0 Å². The van der Waals surface area contributed by atoms with Crippen molar-refractivity contribution in [2.75, 3.05) is 0 Å². The first-order valence-electron chi connectivity index (χ1n) is 6.87. The molecule has 0 spiro atoms. The standard InChI is InChI=1S/C18H15O3P/c19-22(20,21)18-13-7-6-12-17(18)16-11-5-4-10-15(16)14-8-2-1-3-9-14/h1-13H,(H2,19,20,21). The maximum Gasteiger partial charge on any atom is 0.356 e. The Morgan fingerprint density at radius 2 is 1.09 bits per heavy atom. The Balaban J connectivity index is 2.26. The minimum atomic E-state index is -4.33. The van der Waals surface area contributed by atoms with E-state index in [2.05, 4.69) is 0 Å². The zero-order valence-electron chi connectivity index (χ0n) is 11.8. The van der Waals surface area contributed by atoms with Crippen LogP contribution in [0.3, 0.4) is 0 Å². The van der Waals surface area contributed by atoms with E-state index in [1.807, 2.05) is 54.6 Å². The van der Waals surface area contributed by atoms with Crippen molar-refractivity contribution in [2.45, 2.75) is 0 Å². The first-order chi connectivity index (χ1) is 10.6. The van der Waals surface area contributed by atoms with Gasteiger partial charge in [-0.25, -0.2) is 0 Å². The van der Waals surface area contributed by atoms with E-state index >= 15 is 0 Å². The number of benzene rings is 3. The van der Waals surface area contributed by atoms with Crippen LogP contribution in [0.1, 0.15) is 0 Å². The van der Waals surface area contributed by atoms with Crippen molar-refractivity contribution < 1.29 is 14.4 Å². The Labute approximate surface area is 129 Å². The molecule has 3 rings (SSSR count). The van der Waals surface area contributed by atoms with Gasteiger partial charge in [-0.2, -0.15) is 0 Å². The lowest BCUT2D eigenvalue weighted by molar-refractivity contribution is 0.387. The van der Waals surface area contributed by atoms with Crippen molar-refractivity contribution >= 4 is 12.9 Å². The molecule has 0 aliphatic heterocycles. The fourth-order valence-electron chi connectivity index (χ4n) is 2.54. The minimum Gasteiger partial charge on any atom is -0.321 e. The SMILES string of the molecule is O=P(O)(O)c1ccccc1-c1ccccc1-c1ccccc1. The largest absolute Gasteiger partial charge is 0.356 e. The molecule has 0 aromatic heterocycles. The van der Waals surface area contributed by atoms with Gasteiger partial charge in [-0.05, 0) is 28.3 Å². The van der Waals surface area contributed by atoms with Gasteiger partial charge in [-0.1, -0.05) is 72.8 Å². The van der Waals surface area contributed by atoms with Crippen LogP contribution in [0.4, 0.5) is 0 Å². The van der Waals surface area contributed by atoms with Crippen LogP contribution in [0.15, 0.2) is 78.9 Å². The van der Waals surface area contributed by atoms with Crippen molar-refractivity contribution in [1.29, 1.82) is 0 Å². The van der Waals surface area contributed by atoms with Gasteiger partial charge in [0.05, 0.1) is 5.30 Å². The highest BCUT2D eigenvalue weighted by molar-refractivity contribution is 7.60. The van der Waals surface area contributed by atoms with Crippen molar-refractivity contribution in [1.82, 2.24) is 0 Å². The molecule has 110 valence electrons. The maximum atomic E-state index is 11.8. The molecule has 3 aromatic rings. The van der Waals surface area contributed by atoms with Gasteiger partial charge in [-0.15, -0.1) is 0 Å². The van der Waals surface area contributed by atoms with Gasteiger partial charge in [0.2, 0.25) is 0 Å². The molecule has 0 heterocycles. The molecule has 0 fully saturated rings. The van der Waals surface area contributed by atoms with Gasteiger partial charge in [0, 0.05) is 0 Å². The van der Waals surface area contributed by atoms with Gasteiger partial charge in [0.1, 0.15) is 0 Å². The second-order valence-electron chi connectivity index (χ2n) is 4.97. The van der Waals surface area contributed by atoms with E-state index < -0.39 is 7.60 Å². The Morgan fingerprint density at radius 1 is 0.591 bits per heavy atom. The molecule has 0 saturated carbocycles. The van der Waals surface area contributed by atoms with E-state index in [0.717, 1.165) is 16.7 Å². The molecule has 0 unspecified atom stereocenters. The predicted molar refractivity (Wildman–Crippen MR) is 89.0 cm³/mol. The maximum absolute atomic E-state index is 11.8. The Morgan fingerprint density at radius 3 is 1.73 bits per heavy atom. The summed E-state index contributed by atoms with van der Waals surface area (Å²) in [5.74, 6) is 0. The monoisotopic (exact) mass is 310 g/mol. The number of hydrogen-bond acceptors (Lipinski definition) is 1. The third-order valence-electron chi connectivity index (χ3n) is 3.52. The van der Waals surface area contributed by atoms with Crippen LogP contribution in [-0.4, -0.2) is 9.79 Å². The normalized spacial score (nSPS) is 11.4. The minimum absolute atomic E-state index is 0.0541. The highest BCUT2D eigenvalue weighted by atomic mass is 31.2. The molecule has 0 amide bonds. The van der Waals surface area contributed by atoms with Crippen LogP contribution in [0.5, 0.6) is 0 Å². The topological polar surface area (TPSA) is 57.5 Å². The third kappa shape index (κ3) is 2.88. The number of rotatable bonds is 3. The summed E-state index contributed by atoms with van der Waals surface area (Å²) < 4.78 is 11.8. The molecule has 0 saturated heterocycles. The highest BCUT2D eigenvalue weighted by Crippen LogP contribution is 2.40. The first kappa shape index (κ1) is 14.7. The van der Waals surface area contributed by atoms with Crippen LogP contribution in [-0.2, 0) is 4.57 Å². The molecule has 3 nitrogen and oxygen atoms in total. The van der Waals surface area contributed by atoms with Crippen molar-refractivity contribution in [3.63, 3.8) is 0 Å². The highest BCUT2D eigenvalue weighted by Gasteiger charge is 2.22. The zero-order chi connectivity index (χ0) is 15.6. The average Bonchev–Trinajstić information content (AvgIpc) is 2.55. The third-order valence-corrected chi connectivity index (χ3v) is 4.54. The molecule has 2 N–H and O–H groups in total.